The summed E-state index contributed by atoms with van der Waals surface area (Å²) >= 11 is 0. The van der Waals surface area contributed by atoms with Crippen LogP contribution in [0.4, 0.5) is 5.69 Å². The largest absolute Gasteiger partial charge is 0.492 e. The first-order valence-electron chi connectivity index (χ1n) is 7.27. The summed E-state index contributed by atoms with van der Waals surface area (Å²) < 4.78 is 5.77. The third kappa shape index (κ3) is 3.53. The molecular formula is C18H23NO. The van der Waals surface area contributed by atoms with Crippen molar-refractivity contribution in [2.24, 2.45) is 0 Å². The second-order valence-electron chi connectivity index (χ2n) is 4.90. The molecule has 0 fully saturated rings. The first-order valence-corrected chi connectivity index (χ1v) is 7.27. The zero-order valence-corrected chi connectivity index (χ0v) is 12.6. The van der Waals surface area contributed by atoms with Crippen LogP contribution in [0.1, 0.15) is 25.0 Å². The van der Waals surface area contributed by atoms with Crippen molar-refractivity contribution in [3.05, 3.63) is 59.7 Å². The fraction of sp³-hybridized carbons (Fsp3) is 0.333. The molecule has 0 amide bonds. The minimum absolute atomic E-state index is 0.693. The van der Waals surface area contributed by atoms with Gasteiger partial charge in [0.05, 0.1) is 12.3 Å². The van der Waals surface area contributed by atoms with Gasteiger partial charge in [-0.3, -0.25) is 0 Å². The maximum Gasteiger partial charge on any atom is 0.142 e. The van der Waals surface area contributed by atoms with Crippen molar-refractivity contribution >= 4 is 5.69 Å². The van der Waals surface area contributed by atoms with E-state index in [1.54, 1.807) is 0 Å². The number of rotatable bonds is 6. The summed E-state index contributed by atoms with van der Waals surface area (Å²) in [4.78, 5) is 2.35. The van der Waals surface area contributed by atoms with E-state index in [1.807, 2.05) is 6.92 Å². The Morgan fingerprint density at radius 2 is 1.75 bits per heavy atom. The van der Waals surface area contributed by atoms with Gasteiger partial charge in [0.15, 0.2) is 0 Å². The quantitative estimate of drug-likeness (QED) is 0.769. The molecule has 0 aliphatic heterocycles. The van der Waals surface area contributed by atoms with Gasteiger partial charge in [0.1, 0.15) is 5.75 Å². The Morgan fingerprint density at radius 1 is 1.00 bits per heavy atom. The summed E-state index contributed by atoms with van der Waals surface area (Å²) in [7, 11) is 0. The molecule has 0 bridgehead atoms. The van der Waals surface area contributed by atoms with E-state index in [4.69, 9.17) is 4.74 Å². The van der Waals surface area contributed by atoms with E-state index in [-0.39, 0.29) is 0 Å². The van der Waals surface area contributed by atoms with E-state index in [9.17, 15) is 0 Å². The van der Waals surface area contributed by atoms with Gasteiger partial charge in [-0.15, -0.1) is 0 Å². The van der Waals surface area contributed by atoms with E-state index in [0.717, 1.165) is 18.8 Å². The minimum Gasteiger partial charge on any atom is -0.492 e. The number of hydrogen-bond acceptors (Lipinski definition) is 2. The second kappa shape index (κ2) is 6.99. The number of aryl methyl sites for hydroxylation is 1. The van der Waals surface area contributed by atoms with Gasteiger partial charge < -0.3 is 9.64 Å². The molecule has 0 saturated heterocycles. The molecular weight excluding hydrogens is 246 g/mol. The first-order chi connectivity index (χ1) is 9.74. The summed E-state index contributed by atoms with van der Waals surface area (Å²) in [6.45, 7) is 8.88. The zero-order valence-electron chi connectivity index (χ0n) is 12.6. The predicted octanol–water partition coefficient (Wildman–Crippen LogP) is 4.42. The van der Waals surface area contributed by atoms with Crippen molar-refractivity contribution in [2.45, 2.75) is 27.3 Å². The molecule has 20 heavy (non-hydrogen) atoms. The highest BCUT2D eigenvalue weighted by molar-refractivity contribution is 5.60. The first kappa shape index (κ1) is 14.4. The summed E-state index contributed by atoms with van der Waals surface area (Å²) in [5, 5.41) is 0. The molecule has 0 aliphatic rings. The summed E-state index contributed by atoms with van der Waals surface area (Å²) in [5.41, 5.74) is 3.76. The number of ether oxygens (including phenoxy) is 1. The molecule has 0 radical (unpaired) electrons. The fourth-order valence-corrected chi connectivity index (χ4v) is 2.32. The number of nitrogens with zero attached hydrogens (tertiary/aromatic N) is 1. The van der Waals surface area contributed by atoms with Crippen molar-refractivity contribution in [3.63, 3.8) is 0 Å². The Hall–Kier alpha value is -1.96. The van der Waals surface area contributed by atoms with Crippen LogP contribution >= 0.6 is 0 Å². The van der Waals surface area contributed by atoms with Crippen LogP contribution in [-0.4, -0.2) is 13.2 Å². The van der Waals surface area contributed by atoms with Crippen molar-refractivity contribution in [1.82, 2.24) is 0 Å². The van der Waals surface area contributed by atoms with Gasteiger partial charge >= 0.3 is 0 Å². The molecule has 0 aromatic heterocycles. The average Bonchev–Trinajstić information content (AvgIpc) is 2.48. The molecule has 2 nitrogen and oxygen atoms in total. The molecule has 2 rings (SSSR count). The van der Waals surface area contributed by atoms with Crippen LogP contribution < -0.4 is 9.64 Å². The Morgan fingerprint density at radius 3 is 2.40 bits per heavy atom. The van der Waals surface area contributed by atoms with Crippen LogP contribution in [0.5, 0.6) is 5.75 Å². The predicted molar refractivity (Wildman–Crippen MR) is 85.5 cm³/mol. The standard InChI is InChI=1S/C18H23NO/c1-4-19(14-16-9-7-6-8-10-16)17-13-15(3)11-12-18(17)20-5-2/h6-13H,4-5,14H2,1-3H3. The molecule has 0 heterocycles. The van der Waals surface area contributed by atoms with Crippen LogP contribution in [-0.2, 0) is 6.54 Å². The molecule has 0 N–H and O–H groups in total. The van der Waals surface area contributed by atoms with Gasteiger partial charge in [0.2, 0.25) is 0 Å². The number of benzene rings is 2. The van der Waals surface area contributed by atoms with Crippen LogP contribution in [0, 0.1) is 6.92 Å². The Balaban J connectivity index is 2.28. The monoisotopic (exact) mass is 269 g/mol. The lowest BCUT2D eigenvalue weighted by Gasteiger charge is -2.26. The van der Waals surface area contributed by atoms with E-state index >= 15 is 0 Å². The van der Waals surface area contributed by atoms with Crippen molar-refractivity contribution in [2.75, 3.05) is 18.1 Å². The summed E-state index contributed by atoms with van der Waals surface area (Å²) in [6.07, 6.45) is 0. The van der Waals surface area contributed by atoms with Gasteiger partial charge in [-0.2, -0.15) is 0 Å². The highest BCUT2D eigenvalue weighted by atomic mass is 16.5. The third-order valence-corrected chi connectivity index (χ3v) is 3.35. The van der Waals surface area contributed by atoms with Gasteiger partial charge in [-0.25, -0.2) is 0 Å². The average molecular weight is 269 g/mol. The van der Waals surface area contributed by atoms with Crippen LogP contribution in [0.25, 0.3) is 0 Å². The molecule has 0 aliphatic carbocycles. The molecule has 0 spiro atoms. The molecule has 0 saturated carbocycles. The van der Waals surface area contributed by atoms with E-state index in [0.29, 0.717) is 6.61 Å². The van der Waals surface area contributed by atoms with E-state index < -0.39 is 0 Å². The summed E-state index contributed by atoms with van der Waals surface area (Å²) in [6, 6.07) is 16.9. The molecule has 0 unspecified atom stereocenters. The normalized spacial score (nSPS) is 10.3. The number of anilines is 1. The van der Waals surface area contributed by atoms with Crippen molar-refractivity contribution < 1.29 is 4.74 Å². The molecule has 106 valence electrons. The van der Waals surface area contributed by atoms with E-state index in [2.05, 4.69) is 67.3 Å². The van der Waals surface area contributed by atoms with Gasteiger partial charge in [-0.05, 0) is 44.0 Å². The Bertz CT molecular complexity index is 536. The maximum absolute atomic E-state index is 5.77. The lowest BCUT2D eigenvalue weighted by atomic mass is 10.1. The lowest BCUT2D eigenvalue weighted by Crippen LogP contribution is -2.22. The topological polar surface area (TPSA) is 12.5 Å². The van der Waals surface area contributed by atoms with Crippen LogP contribution in [0.2, 0.25) is 0 Å². The molecule has 2 aromatic rings. The Kier molecular flexibility index (Phi) is 5.05. The SMILES string of the molecule is CCOc1ccc(C)cc1N(CC)Cc1ccccc1. The molecule has 0 atom stereocenters. The van der Waals surface area contributed by atoms with Gasteiger partial charge in [0, 0.05) is 13.1 Å². The maximum atomic E-state index is 5.77. The fourth-order valence-electron chi connectivity index (χ4n) is 2.32. The van der Waals surface area contributed by atoms with Crippen LogP contribution in [0.15, 0.2) is 48.5 Å². The molecule has 2 heteroatoms. The highest BCUT2D eigenvalue weighted by Crippen LogP contribution is 2.30. The Labute approximate surface area is 122 Å². The minimum atomic E-state index is 0.693. The van der Waals surface area contributed by atoms with Crippen molar-refractivity contribution in [1.29, 1.82) is 0 Å². The zero-order chi connectivity index (χ0) is 14.4. The lowest BCUT2D eigenvalue weighted by molar-refractivity contribution is 0.340. The van der Waals surface area contributed by atoms with Crippen LogP contribution in [0.3, 0.4) is 0 Å². The van der Waals surface area contributed by atoms with Gasteiger partial charge in [-0.1, -0.05) is 36.4 Å². The summed E-state index contributed by atoms with van der Waals surface area (Å²) in [5.74, 6) is 0.968. The second-order valence-corrected chi connectivity index (χ2v) is 4.90. The number of hydrogen-bond donors (Lipinski definition) is 0. The van der Waals surface area contributed by atoms with Crippen molar-refractivity contribution in [3.8, 4) is 5.75 Å². The molecule has 2 aromatic carbocycles. The smallest absolute Gasteiger partial charge is 0.142 e. The highest BCUT2D eigenvalue weighted by Gasteiger charge is 2.11. The third-order valence-electron chi connectivity index (χ3n) is 3.35. The van der Waals surface area contributed by atoms with Gasteiger partial charge in [0.25, 0.3) is 0 Å². The van der Waals surface area contributed by atoms with E-state index in [1.165, 1.54) is 16.8 Å².